The average Bonchev–Trinajstić information content (AvgIpc) is 2.76. The molecule has 1 amide bonds. The second-order valence-electron chi connectivity index (χ2n) is 6.67. The molecule has 1 aliphatic heterocycles. The maximum atomic E-state index is 12.9. The van der Waals surface area contributed by atoms with Crippen LogP contribution in [0.1, 0.15) is 16.1 Å². The van der Waals surface area contributed by atoms with E-state index in [9.17, 15) is 4.79 Å². The number of ether oxygens (including phenoxy) is 1. The fourth-order valence-corrected chi connectivity index (χ4v) is 3.12. The molecular weight excluding hydrogens is 352 g/mol. The van der Waals surface area contributed by atoms with E-state index in [-0.39, 0.29) is 5.91 Å². The van der Waals surface area contributed by atoms with Gasteiger partial charge in [0.15, 0.2) is 5.82 Å². The molecule has 6 nitrogen and oxygen atoms in total. The molecule has 4 rings (SSSR count). The van der Waals surface area contributed by atoms with Crippen molar-refractivity contribution in [2.45, 2.75) is 6.92 Å². The van der Waals surface area contributed by atoms with E-state index in [0.29, 0.717) is 24.7 Å². The largest absolute Gasteiger partial charge is 0.378 e. The smallest absolute Gasteiger partial charge is 0.274 e. The summed E-state index contributed by atoms with van der Waals surface area (Å²) in [7, 11) is 0. The molecule has 2 aromatic carbocycles. The summed E-state index contributed by atoms with van der Waals surface area (Å²) >= 11 is 0. The van der Waals surface area contributed by atoms with Gasteiger partial charge in [-0.3, -0.25) is 4.79 Å². The number of carbonyl (C=O) groups excluding carboxylic acids is 1. The Hall–Kier alpha value is -3.25. The molecule has 1 saturated heterocycles. The van der Waals surface area contributed by atoms with E-state index < -0.39 is 0 Å². The molecule has 1 fully saturated rings. The van der Waals surface area contributed by atoms with Gasteiger partial charge in [0.1, 0.15) is 11.5 Å². The number of morpholine rings is 1. The summed E-state index contributed by atoms with van der Waals surface area (Å²) in [5, 5.41) is 2.96. The van der Waals surface area contributed by atoms with Crippen LogP contribution < -0.4 is 10.2 Å². The molecule has 0 aliphatic carbocycles. The van der Waals surface area contributed by atoms with E-state index in [1.165, 1.54) is 0 Å². The predicted octanol–water partition coefficient (Wildman–Crippen LogP) is 3.54. The Bertz CT molecular complexity index is 969. The van der Waals surface area contributed by atoms with Gasteiger partial charge >= 0.3 is 0 Å². The molecule has 28 heavy (non-hydrogen) atoms. The quantitative estimate of drug-likeness (QED) is 0.757. The first-order chi connectivity index (χ1) is 13.7. The lowest BCUT2D eigenvalue weighted by Crippen LogP contribution is -2.37. The maximum Gasteiger partial charge on any atom is 0.274 e. The summed E-state index contributed by atoms with van der Waals surface area (Å²) in [5.74, 6) is 1.04. The third-order valence-corrected chi connectivity index (χ3v) is 4.71. The lowest BCUT2D eigenvalue weighted by atomic mass is 10.2. The number of amides is 1. The van der Waals surface area contributed by atoms with Crippen LogP contribution in [0, 0.1) is 6.92 Å². The summed E-state index contributed by atoms with van der Waals surface area (Å²) in [5.41, 5.74) is 3.00. The Morgan fingerprint density at radius 2 is 1.71 bits per heavy atom. The van der Waals surface area contributed by atoms with Gasteiger partial charge < -0.3 is 15.0 Å². The monoisotopic (exact) mass is 374 g/mol. The first kappa shape index (κ1) is 18.1. The van der Waals surface area contributed by atoms with Gasteiger partial charge in [0.25, 0.3) is 5.91 Å². The summed E-state index contributed by atoms with van der Waals surface area (Å²) in [4.78, 5) is 24.3. The van der Waals surface area contributed by atoms with Crippen LogP contribution in [-0.2, 0) is 4.74 Å². The number of nitrogens with one attached hydrogen (secondary N) is 1. The molecule has 0 atom stereocenters. The number of anilines is 2. The molecule has 0 spiro atoms. The number of aromatic nitrogens is 2. The molecular formula is C22H22N4O2. The molecule has 1 aliphatic rings. The van der Waals surface area contributed by atoms with Crippen LogP contribution in [-0.4, -0.2) is 42.2 Å². The fraction of sp³-hybridized carbons (Fsp3) is 0.227. The predicted molar refractivity (Wildman–Crippen MR) is 110 cm³/mol. The van der Waals surface area contributed by atoms with Crippen molar-refractivity contribution in [1.29, 1.82) is 0 Å². The second-order valence-corrected chi connectivity index (χ2v) is 6.67. The van der Waals surface area contributed by atoms with Crippen LogP contribution in [0.25, 0.3) is 11.4 Å². The van der Waals surface area contributed by atoms with Gasteiger partial charge in [0.2, 0.25) is 0 Å². The highest BCUT2D eigenvalue weighted by Crippen LogP contribution is 2.22. The Balaban J connectivity index is 1.71. The molecule has 3 aromatic rings. The molecule has 2 heterocycles. The number of nitrogens with zero attached hydrogens (tertiary/aromatic N) is 3. The van der Waals surface area contributed by atoms with Crippen LogP contribution in [0.5, 0.6) is 0 Å². The van der Waals surface area contributed by atoms with Crippen molar-refractivity contribution in [1.82, 2.24) is 9.97 Å². The number of hydrogen-bond donors (Lipinski definition) is 1. The summed E-state index contributed by atoms with van der Waals surface area (Å²) in [6.07, 6.45) is 0. The molecule has 0 unspecified atom stereocenters. The van der Waals surface area contributed by atoms with Crippen LogP contribution in [0.15, 0.2) is 60.7 Å². The highest BCUT2D eigenvalue weighted by atomic mass is 16.5. The van der Waals surface area contributed by atoms with Crippen molar-refractivity contribution in [3.8, 4) is 11.4 Å². The Labute approximate surface area is 164 Å². The van der Waals surface area contributed by atoms with Gasteiger partial charge in [-0.2, -0.15) is 0 Å². The molecule has 6 heteroatoms. The SMILES string of the molecule is Cc1ccccc1NC(=O)c1cc(N2CCOCC2)nc(-c2ccccc2)n1. The number of aryl methyl sites for hydroxylation is 1. The summed E-state index contributed by atoms with van der Waals surface area (Å²) in [6.45, 7) is 4.74. The number of rotatable bonds is 4. The van der Waals surface area contributed by atoms with Crippen molar-refractivity contribution in [2.24, 2.45) is 0 Å². The highest BCUT2D eigenvalue weighted by molar-refractivity contribution is 6.04. The van der Waals surface area contributed by atoms with Gasteiger partial charge in [0, 0.05) is 30.4 Å². The van der Waals surface area contributed by atoms with E-state index in [4.69, 9.17) is 9.72 Å². The number of carbonyl (C=O) groups is 1. The third-order valence-electron chi connectivity index (χ3n) is 4.71. The highest BCUT2D eigenvalue weighted by Gasteiger charge is 2.19. The second kappa shape index (κ2) is 8.19. The molecule has 142 valence electrons. The number of hydrogen-bond acceptors (Lipinski definition) is 5. The minimum Gasteiger partial charge on any atom is -0.378 e. The van der Waals surface area contributed by atoms with Crippen molar-refractivity contribution in [2.75, 3.05) is 36.5 Å². The van der Waals surface area contributed by atoms with Crippen LogP contribution >= 0.6 is 0 Å². The number of benzene rings is 2. The van der Waals surface area contributed by atoms with Gasteiger partial charge in [-0.15, -0.1) is 0 Å². The fourth-order valence-electron chi connectivity index (χ4n) is 3.12. The normalized spacial score (nSPS) is 14.0. The van der Waals surface area contributed by atoms with E-state index in [1.54, 1.807) is 6.07 Å². The van der Waals surface area contributed by atoms with Crippen molar-refractivity contribution in [3.05, 3.63) is 71.9 Å². The number of para-hydroxylation sites is 1. The van der Waals surface area contributed by atoms with Crippen molar-refractivity contribution in [3.63, 3.8) is 0 Å². The lowest BCUT2D eigenvalue weighted by Gasteiger charge is -2.28. The first-order valence-electron chi connectivity index (χ1n) is 9.35. The Morgan fingerprint density at radius 1 is 1.00 bits per heavy atom. The molecule has 1 N–H and O–H groups in total. The molecule has 0 bridgehead atoms. The molecule has 0 saturated carbocycles. The molecule has 1 aromatic heterocycles. The zero-order valence-electron chi connectivity index (χ0n) is 15.8. The summed E-state index contributed by atoms with van der Waals surface area (Å²) < 4.78 is 5.44. The van der Waals surface area contributed by atoms with E-state index in [2.05, 4.69) is 15.2 Å². The van der Waals surface area contributed by atoms with Gasteiger partial charge in [-0.1, -0.05) is 48.5 Å². The van der Waals surface area contributed by atoms with Gasteiger partial charge in [-0.25, -0.2) is 9.97 Å². The zero-order chi connectivity index (χ0) is 19.3. The molecule has 0 radical (unpaired) electrons. The first-order valence-corrected chi connectivity index (χ1v) is 9.35. The maximum absolute atomic E-state index is 12.9. The topological polar surface area (TPSA) is 67.4 Å². The minimum atomic E-state index is -0.247. The van der Waals surface area contributed by atoms with Crippen LogP contribution in [0.3, 0.4) is 0 Å². The standard InChI is InChI=1S/C22H22N4O2/c1-16-7-5-6-10-18(16)24-22(27)19-15-20(26-11-13-28-14-12-26)25-21(23-19)17-8-3-2-4-9-17/h2-10,15H,11-14H2,1H3,(H,24,27). The zero-order valence-corrected chi connectivity index (χ0v) is 15.8. The average molecular weight is 374 g/mol. The third kappa shape index (κ3) is 4.02. The van der Waals surface area contributed by atoms with E-state index in [1.807, 2.05) is 61.5 Å². The van der Waals surface area contributed by atoms with Crippen LogP contribution in [0.2, 0.25) is 0 Å². The Morgan fingerprint density at radius 3 is 2.46 bits per heavy atom. The van der Waals surface area contributed by atoms with Crippen molar-refractivity contribution < 1.29 is 9.53 Å². The van der Waals surface area contributed by atoms with Crippen LogP contribution in [0.4, 0.5) is 11.5 Å². The van der Waals surface area contributed by atoms with E-state index >= 15 is 0 Å². The Kier molecular flexibility index (Phi) is 5.30. The van der Waals surface area contributed by atoms with Gasteiger partial charge in [-0.05, 0) is 18.6 Å². The summed E-state index contributed by atoms with van der Waals surface area (Å²) in [6, 6.07) is 19.2. The lowest BCUT2D eigenvalue weighted by molar-refractivity contribution is 0.102. The van der Waals surface area contributed by atoms with Crippen molar-refractivity contribution >= 4 is 17.4 Å². The van der Waals surface area contributed by atoms with E-state index in [0.717, 1.165) is 35.7 Å². The van der Waals surface area contributed by atoms with Gasteiger partial charge in [0.05, 0.1) is 13.2 Å². The minimum absolute atomic E-state index is 0.247.